The first-order valence-corrected chi connectivity index (χ1v) is 10.6. The topological polar surface area (TPSA) is 41.5 Å². The van der Waals surface area contributed by atoms with E-state index >= 15 is 0 Å². The highest BCUT2D eigenvalue weighted by Gasteiger charge is 2.52. The minimum Gasteiger partial charge on any atom is -0.267 e. The highest BCUT2D eigenvalue weighted by atomic mass is 16.2. The van der Waals surface area contributed by atoms with Gasteiger partial charge in [-0.2, -0.15) is 5.10 Å². The Kier molecular flexibility index (Phi) is 4.34. The van der Waals surface area contributed by atoms with Crippen molar-refractivity contribution in [3.05, 3.63) is 60.2 Å². The Hall–Kier alpha value is -2.42. The van der Waals surface area contributed by atoms with Crippen LogP contribution in [-0.2, 0) is 0 Å². The van der Waals surface area contributed by atoms with Crippen LogP contribution in [0.4, 0.5) is 0 Å². The molecular weight excluding hydrogens is 344 g/mol. The van der Waals surface area contributed by atoms with Gasteiger partial charge in [-0.3, -0.25) is 4.79 Å². The molecule has 0 spiro atoms. The lowest BCUT2D eigenvalue weighted by atomic mass is 9.48. The van der Waals surface area contributed by atoms with E-state index in [4.69, 9.17) is 0 Å². The van der Waals surface area contributed by atoms with Crippen LogP contribution >= 0.6 is 0 Å². The van der Waals surface area contributed by atoms with Crippen molar-refractivity contribution in [3.63, 3.8) is 0 Å². The average Bonchev–Trinajstić information content (AvgIpc) is 2.71. The monoisotopic (exact) mass is 372 g/mol. The number of hydrazone groups is 1. The third-order valence-electron chi connectivity index (χ3n) is 7.39. The van der Waals surface area contributed by atoms with E-state index in [1.807, 2.05) is 42.5 Å². The molecule has 0 aliphatic heterocycles. The molecule has 6 rings (SSSR count). The number of nitrogens with one attached hydrogen (secondary N) is 1. The highest BCUT2D eigenvalue weighted by Crippen LogP contribution is 2.60. The molecule has 4 aliphatic carbocycles. The van der Waals surface area contributed by atoms with Gasteiger partial charge in [0.2, 0.25) is 0 Å². The van der Waals surface area contributed by atoms with Gasteiger partial charge in [-0.1, -0.05) is 42.5 Å². The molecule has 144 valence electrons. The first kappa shape index (κ1) is 17.7. The Bertz CT molecular complexity index is 863. The molecule has 3 nitrogen and oxygen atoms in total. The number of benzene rings is 2. The highest BCUT2D eigenvalue weighted by molar-refractivity contribution is 5.96. The van der Waals surface area contributed by atoms with E-state index in [0.717, 1.165) is 34.6 Å². The smallest absolute Gasteiger partial charge is 0.267 e. The lowest BCUT2D eigenvalue weighted by Gasteiger charge is -2.56. The number of rotatable bonds is 4. The van der Waals surface area contributed by atoms with Gasteiger partial charge in [0.15, 0.2) is 0 Å². The van der Waals surface area contributed by atoms with Crippen molar-refractivity contribution < 1.29 is 4.79 Å². The normalized spacial score (nSPS) is 31.0. The molecule has 4 saturated carbocycles. The number of amides is 1. The fourth-order valence-electron chi connectivity index (χ4n) is 6.32. The Morgan fingerprint density at radius 3 is 1.96 bits per heavy atom. The van der Waals surface area contributed by atoms with E-state index in [1.54, 1.807) is 0 Å². The Morgan fingerprint density at radius 1 is 0.857 bits per heavy atom. The number of carbonyl (C=O) groups excluding carboxylic acids is 1. The molecule has 4 bridgehead atoms. The minimum absolute atomic E-state index is 0.122. The summed E-state index contributed by atoms with van der Waals surface area (Å²) in [5, 5.41) is 4.59. The summed E-state index contributed by atoms with van der Waals surface area (Å²) >= 11 is 0. The van der Waals surface area contributed by atoms with E-state index in [0.29, 0.717) is 5.56 Å². The maximum Gasteiger partial charge on any atom is 0.271 e. The standard InChI is InChI=1S/C25H28N2O/c1-17(25-14-18-11-19(15-25)13-20(12-18)16-25)26-27-24(28)23-9-7-22(8-10-23)21-5-3-2-4-6-21/h2-10,18-20H,11-16H2,1H3,(H,27,28)/b26-17-. The van der Waals surface area contributed by atoms with Crippen LogP contribution in [0.5, 0.6) is 0 Å². The third-order valence-corrected chi connectivity index (χ3v) is 7.39. The molecule has 0 heterocycles. The fourth-order valence-corrected chi connectivity index (χ4v) is 6.32. The second kappa shape index (κ2) is 6.88. The fraction of sp³-hybridized carbons (Fsp3) is 0.440. The largest absolute Gasteiger partial charge is 0.271 e. The van der Waals surface area contributed by atoms with Gasteiger partial charge in [0.05, 0.1) is 0 Å². The summed E-state index contributed by atoms with van der Waals surface area (Å²) in [6.45, 7) is 2.13. The first-order valence-electron chi connectivity index (χ1n) is 10.6. The Morgan fingerprint density at radius 2 is 1.39 bits per heavy atom. The summed E-state index contributed by atoms with van der Waals surface area (Å²) < 4.78 is 0. The predicted octanol–water partition coefficient (Wildman–Crippen LogP) is 5.68. The molecule has 4 fully saturated rings. The molecule has 28 heavy (non-hydrogen) atoms. The van der Waals surface area contributed by atoms with E-state index in [9.17, 15) is 4.79 Å². The Balaban J connectivity index is 1.28. The van der Waals surface area contributed by atoms with E-state index in [-0.39, 0.29) is 11.3 Å². The van der Waals surface area contributed by atoms with Gasteiger partial charge in [0.25, 0.3) is 5.91 Å². The predicted molar refractivity (Wildman–Crippen MR) is 113 cm³/mol. The molecule has 2 aromatic carbocycles. The zero-order valence-electron chi connectivity index (χ0n) is 16.5. The summed E-state index contributed by atoms with van der Waals surface area (Å²) in [5.74, 6) is 2.54. The number of carbonyl (C=O) groups is 1. The first-order chi connectivity index (χ1) is 13.6. The minimum atomic E-state index is -0.122. The molecule has 1 N–H and O–H groups in total. The van der Waals surface area contributed by atoms with E-state index in [2.05, 4.69) is 29.6 Å². The zero-order valence-corrected chi connectivity index (χ0v) is 16.5. The zero-order chi connectivity index (χ0) is 19.1. The quantitative estimate of drug-likeness (QED) is 0.545. The average molecular weight is 373 g/mol. The van der Waals surface area contributed by atoms with Crippen LogP contribution in [0, 0.1) is 23.2 Å². The summed E-state index contributed by atoms with van der Waals surface area (Å²) in [6.07, 6.45) is 8.09. The number of hydrogen-bond acceptors (Lipinski definition) is 2. The molecular formula is C25H28N2O. The third kappa shape index (κ3) is 3.17. The molecule has 1 amide bonds. The summed E-state index contributed by atoms with van der Waals surface area (Å²) in [5.41, 5.74) is 7.15. The van der Waals surface area contributed by atoms with Gasteiger partial charge in [-0.25, -0.2) is 5.43 Å². The second-order valence-electron chi connectivity index (χ2n) is 9.28. The van der Waals surface area contributed by atoms with Crippen LogP contribution in [0.2, 0.25) is 0 Å². The van der Waals surface area contributed by atoms with Gasteiger partial charge >= 0.3 is 0 Å². The number of nitrogens with zero attached hydrogens (tertiary/aromatic N) is 1. The lowest BCUT2D eigenvalue weighted by Crippen LogP contribution is -2.49. The van der Waals surface area contributed by atoms with Crippen LogP contribution in [0.15, 0.2) is 59.7 Å². The molecule has 0 radical (unpaired) electrons. The van der Waals surface area contributed by atoms with Crippen LogP contribution < -0.4 is 5.43 Å². The molecule has 0 unspecified atom stereocenters. The van der Waals surface area contributed by atoms with Crippen molar-refractivity contribution in [2.24, 2.45) is 28.3 Å². The molecule has 2 aromatic rings. The summed E-state index contributed by atoms with van der Waals surface area (Å²) in [7, 11) is 0. The lowest BCUT2D eigenvalue weighted by molar-refractivity contribution is -0.0128. The molecule has 3 heteroatoms. The second-order valence-corrected chi connectivity index (χ2v) is 9.28. The molecule has 4 aliphatic rings. The van der Waals surface area contributed by atoms with Crippen LogP contribution in [0.1, 0.15) is 55.8 Å². The van der Waals surface area contributed by atoms with Crippen LogP contribution in [0.3, 0.4) is 0 Å². The maximum atomic E-state index is 12.6. The van der Waals surface area contributed by atoms with Crippen molar-refractivity contribution in [1.29, 1.82) is 0 Å². The van der Waals surface area contributed by atoms with Crippen molar-refractivity contribution >= 4 is 11.6 Å². The molecule has 0 saturated heterocycles. The van der Waals surface area contributed by atoms with Gasteiger partial charge < -0.3 is 0 Å². The van der Waals surface area contributed by atoms with Gasteiger partial charge in [-0.05, 0) is 86.5 Å². The van der Waals surface area contributed by atoms with Gasteiger partial charge in [0, 0.05) is 16.7 Å². The molecule has 0 atom stereocenters. The van der Waals surface area contributed by atoms with E-state index < -0.39 is 0 Å². The van der Waals surface area contributed by atoms with Crippen molar-refractivity contribution in [2.75, 3.05) is 0 Å². The van der Waals surface area contributed by atoms with Gasteiger partial charge in [-0.15, -0.1) is 0 Å². The van der Waals surface area contributed by atoms with Crippen molar-refractivity contribution in [3.8, 4) is 11.1 Å². The molecule has 0 aromatic heterocycles. The van der Waals surface area contributed by atoms with Crippen LogP contribution in [0.25, 0.3) is 11.1 Å². The summed E-state index contributed by atoms with van der Waals surface area (Å²) in [4.78, 5) is 12.6. The summed E-state index contributed by atoms with van der Waals surface area (Å²) in [6, 6.07) is 18.0. The van der Waals surface area contributed by atoms with Crippen molar-refractivity contribution in [1.82, 2.24) is 5.43 Å². The Labute approximate surface area is 167 Å². The van der Waals surface area contributed by atoms with Crippen LogP contribution in [-0.4, -0.2) is 11.6 Å². The van der Waals surface area contributed by atoms with Crippen molar-refractivity contribution in [2.45, 2.75) is 45.4 Å². The maximum absolute atomic E-state index is 12.6. The SMILES string of the molecule is C/C(=N/NC(=O)c1ccc(-c2ccccc2)cc1)C12CC3CC(CC(C3)C1)C2. The number of hydrogen-bond donors (Lipinski definition) is 1. The van der Waals surface area contributed by atoms with Gasteiger partial charge in [0.1, 0.15) is 0 Å². The van der Waals surface area contributed by atoms with E-state index in [1.165, 1.54) is 38.5 Å².